The molecule has 0 N–H and O–H groups in total. The molecular formula is C27H32N2O4. The first kappa shape index (κ1) is 23.1. The topological polar surface area (TPSA) is 60.8 Å². The number of amides is 1. The van der Waals surface area contributed by atoms with E-state index >= 15 is 0 Å². The summed E-state index contributed by atoms with van der Waals surface area (Å²) >= 11 is 0. The summed E-state index contributed by atoms with van der Waals surface area (Å²) in [5.41, 5.74) is 7.79. The molecular weight excluding hydrogens is 416 g/mol. The highest BCUT2D eigenvalue weighted by Crippen LogP contribution is 2.34. The van der Waals surface area contributed by atoms with Crippen molar-refractivity contribution in [2.45, 2.75) is 53.6 Å². The molecule has 0 aliphatic carbocycles. The van der Waals surface area contributed by atoms with Gasteiger partial charge in [-0.1, -0.05) is 12.1 Å². The number of esters is 1. The van der Waals surface area contributed by atoms with Crippen LogP contribution in [-0.4, -0.2) is 47.7 Å². The van der Waals surface area contributed by atoms with Crippen molar-refractivity contribution in [1.82, 2.24) is 9.47 Å². The van der Waals surface area contributed by atoms with Gasteiger partial charge in [0.25, 0.3) is 5.91 Å². The predicted octanol–water partition coefficient (Wildman–Crippen LogP) is 4.56. The highest BCUT2D eigenvalue weighted by Gasteiger charge is 2.38. The second-order valence-corrected chi connectivity index (χ2v) is 9.01. The molecule has 3 heterocycles. The van der Waals surface area contributed by atoms with Gasteiger partial charge in [-0.25, -0.2) is 4.79 Å². The number of aryl methyl sites for hydroxylation is 3. The molecule has 0 bridgehead atoms. The molecule has 1 atom stereocenters. The Balaban J connectivity index is 1.78. The monoisotopic (exact) mass is 448 g/mol. The zero-order chi connectivity index (χ0) is 23.9. The molecule has 1 saturated heterocycles. The van der Waals surface area contributed by atoms with E-state index in [1.165, 1.54) is 18.2 Å². The van der Waals surface area contributed by atoms with Crippen LogP contribution >= 0.6 is 0 Å². The number of hydrogen-bond donors (Lipinski definition) is 0. The third-order valence-electron chi connectivity index (χ3n) is 6.69. The van der Waals surface area contributed by atoms with Gasteiger partial charge < -0.3 is 18.9 Å². The molecule has 1 aromatic carbocycles. The van der Waals surface area contributed by atoms with Crippen LogP contribution in [0.3, 0.4) is 0 Å². The van der Waals surface area contributed by atoms with E-state index in [-0.39, 0.29) is 12.0 Å². The summed E-state index contributed by atoms with van der Waals surface area (Å²) in [6.07, 6.45) is 3.74. The number of rotatable bonds is 5. The maximum Gasteiger partial charge on any atom is 0.340 e. The first-order chi connectivity index (χ1) is 15.7. The van der Waals surface area contributed by atoms with Gasteiger partial charge in [0.2, 0.25) is 0 Å². The maximum atomic E-state index is 13.5. The first-order valence-corrected chi connectivity index (χ1v) is 11.4. The van der Waals surface area contributed by atoms with Gasteiger partial charge in [-0.3, -0.25) is 4.79 Å². The third kappa shape index (κ3) is 4.15. The fraction of sp³-hybridized carbons (Fsp3) is 0.407. The minimum atomic E-state index is -0.495. The predicted molar refractivity (Wildman–Crippen MR) is 128 cm³/mol. The number of nitrogens with zero attached hydrogens (tertiary/aromatic N) is 2. The summed E-state index contributed by atoms with van der Waals surface area (Å²) in [5, 5.41) is 0. The molecule has 2 aromatic rings. The third-order valence-corrected chi connectivity index (χ3v) is 6.69. The molecule has 1 fully saturated rings. The van der Waals surface area contributed by atoms with Crippen LogP contribution in [0.25, 0.3) is 11.8 Å². The molecule has 174 valence electrons. The maximum absolute atomic E-state index is 13.5. The first-order valence-electron chi connectivity index (χ1n) is 11.4. The fourth-order valence-corrected chi connectivity index (χ4v) is 4.86. The summed E-state index contributed by atoms with van der Waals surface area (Å²) in [6, 6.07) is 8.45. The zero-order valence-corrected chi connectivity index (χ0v) is 20.3. The second kappa shape index (κ2) is 9.02. The second-order valence-electron chi connectivity index (χ2n) is 9.01. The lowest BCUT2D eigenvalue weighted by Gasteiger charge is -2.21. The summed E-state index contributed by atoms with van der Waals surface area (Å²) in [4.78, 5) is 27.8. The average molecular weight is 449 g/mol. The summed E-state index contributed by atoms with van der Waals surface area (Å²) in [6.45, 7) is 11.2. The van der Waals surface area contributed by atoms with Crippen molar-refractivity contribution in [3.63, 3.8) is 0 Å². The Labute approximate surface area is 195 Å². The normalized spacial score (nSPS) is 19.8. The molecule has 0 saturated carbocycles. The van der Waals surface area contributed by atoms with Gasteiger partial charge >= 0.3 is 5.97 Å². The van der Waals surface area contributed by atoms with Crippen LogP contribution in [0.1, 0.15) is 47.8 Å². The Morgan fingerprint density at radius 2 is 1.94 bits per heavy atom. The van der Waals surface area contributed by atoms with Crippen molar-refractivity contribution in [3.05, 3.63) is 69.2 Å². The van der Waals surface area contributed by atoms with E-state index in [4.69, 9.17) is 9.47 Å². The van der Waals surface area contributed by atoms with Gasteiger partial charge in [0.15, 0.2) is 0 Å². The number of allylic oxidation sites excluding steroid dienone is 1. The lowest BCUT2D eigenvalue weighted by Crippen LogP contribution is -2.33. The molecule has 1 amide bonds. The molecule has 2 aliphatic rings. The lowest BCUT2D eigenvalue weighted by atomic mass is 10.0. The molecule has 1 unspecified atom stereocenters. The van der Waals surface area contributed by atoms with Gasteiger partial charge in [0.05, 0.1) is 30.9 Å². The van der Waals surface area contributed by atoms with Gasteiger partial charge in [0, 0.05) is 29.4 Å². The van der Waals surface area contributed by atoms with E-state index in [9.17, 15) is 9.59 Å². The molecule has 33 heavy (non-hydrogen) atoms. The average Bonchev–Trinajstić information content (AvgIpc) is 3.45. The van der Waals surface area contributed by atoms with Crippen LogP contribution in [0, 0.1) is 27.7 Å². The quantitative estimate of drug-likeness (QED) is 0.497. The number of ether oxygens (including phenoxy) is 2. The fourth-order valence-electron chi connectivity index (χ4n) is 4.86. The number of benzene rings is 1. The van der Waals surface area contributed by atoms with Crippen molar-refractivity contribution in [3.8, 4) is 5.69 Å². The molecule has 0 spiro atoms. The van der Waals surface area contributed by atoms with Crippen molar-refractivity contribution in [2.24, 2.45) is 0 Å². The molecule has 6 nitrogen and oxygen atoms in total. The minimum absolute atomic E-state index is 0.00323. The van der Waals surface area contributed by atoms with E-state index < -0.39 is 5.97 Å². The number of carbonyl (C=O) groups excluding carboxylic acids is 2. The van der Waals surface area contributed by atoms with Gasteiger partial charge in [0.1, 0.15) is 0 Å². The van der Waals surface area contributed by atoms with Crippen molar-refractivity contribution in [2.75, 3.05) is 20.3 Å². The molecule has 0 radical (unpaired) electrons. The minimum Gasteiger partial charge on any atom is -0.465 e. The number of hydrogen-bond acceptors (Lipinski definition) is 4. The highest BCUT2D eigenvalue weighted by molar-refractivity contribution is 6.16. The summed E-state index contributed by atoms with van der Waals surface area (Å²) < 4.78 is 13.0. The van der Waals surface area contributed by atoms with Crippen LogP contribution in [-0.2, 0) is 19.1 Å². The Bertz CT molecular complexity index is 1180. The van der Waals surface area contributed by atoms with E-state index in [2.05, 4.69) is 49.6 Å². The van der Waals surface area contributed by atoms with Gasteiger partial charge in [-0.15, -0.1) is 0 Å². The van der Waals surface area contributed by atoms with E-state index in [1.807, 2.05) is 13.0 Å². The largest absolute Gasteiger partial charge is 0.465 e. The Morgan fingerprint density at radius 3 is 2.61 bits per heavy atom. The molecule has 4 rings (SSSR count). The van der Waals surface area contributed by atoms with Crippen molar-refractivity contribution >= 4 is 18.0 Å². The lowest BCUT2D eigenvalue weighted by molar-refractivity contribution is -0.136. The summed E-state index contributed by atoms with van der Waals surface area (Å²) in [7, 11) is 1.35. The number of aromatic nitrogens is 1. The number of methoxy groups -OCH3 is 1. The zero-order valence-electron chi connectivity index (χ0n) is 20.3. The standard InChI is InChI=1S/C27H32N2O4/c1-16-9-10-17(2)24(12-16)29-18(3)13-21(19(29)4)14-23-25(27(31)32-6)20(5)28(26(23)30)15-22-8-7-11-33-22/h9-10,12-14,22H,7-8,11,15H2,1-6H3. The van der Waals surface area contributed by atoms with Crippen LogP contribution in [0.5, 0.6) is 0 Å². The van der Waals surface area contributed by atoms with Crippen LogP contribution < -0.4 is 0 Å². The van der Waals surface area contributed by atoms with Gasteiger partial charge in [-0.2, -0.15) is 0 Å². The van der Waals surface area contributed by atoms with Crippen LogP contribution in [0.2, 0.25) is 0 Å². The van der Waals surface area contributed by atoms with E-state index in [0.29, 0.717) is 30.0 Å². The Hall–Kier alpha value is -3.12. The highest BCUT2D eigenvalue weighted by atomic mass is 16.5. The summed E-state index contributed by atoms with van der Waals surface area (Å²) in [5.74, 6) is -0.676. The molecule has 6 heteroatoms. The van der Waals surface area contributed by atoms with Gasteiger partial charge in [-0.05, 0) is 82.4 Å². The van der Waals surface area contributed by atoms with Crippen molar-refractivity contribution < 1.29 is 19.1 Å². The van der Waals surface area contributed by atoms with Crippen LogP contribution in [0.15, 0.2) is 41.1 Å². The van der Waals surface area contributed by atoms with E-state index in [0.717, 1.165) is 35.5 Å². The SMILES string of the molecule is COC(=O)C1=C(C)N(CC2CCCO2)C(=O)C1=Cc1cc(C)n(-c2cc(C)ccc2C)c1C. The molecule has 1 aromatic heterocycles. The molecule has 2 aliphatic heterocycles. The Morgan fingerprint density at radius 1 is 1.18 bits per heavy atom. The number of carbonyl (C=O) groups is 2. The smallest absolute Gasteiger partial charge is 0.340 e. The van der Waals surface area contributed by atoms with Crippen LogP contribution in [0.4, 0.5) is 0 Å². The Kier molecular flexibility index (Phi) is 6.30. The van der Waals surface area contributed by atoms with E-state index in [1.54, 1.807) is 11.8 Å². The van der Waals surface area contributed by atoms with Crippen molar-refractivity contribution in [1.29, 1.82) is 0 Å².